The third kappa shape index (κ3) is 5.03. The first-order chi connectivity index (χ1) is 10.2. The van der Waals surface area contributed by atoms with E-state index in [-0.39, 0.29) is 12.4 Å². The summed E-state index contributed by atoms with van der Waals surface area (Å²) in [6.45, 7) is 0.167. The molecular weight excluding hydrogens is 286 g/mol. The molecule has 5 heteroatoms. The molecule has 1 unspecified atom stereocenters. The molecule has 21 heavy (non-hydrogen) atoms. The molecule has 0 aliphatic heterocycles. The number of aromatic hydroxyl groups is 1. The van der Waals surface area contributed by atoms with E-state index < -0.39 is 6.10 Å². The number of nitrogens with zero attached hydrogens (tertiary/aromatic N) is 1. The van der Waals surface area contributed by atoms with Crippen LogP contribution in [0, 0.1) is 11.3 Å². The lowest BCUT2D eigenvalue weighted by Crippen LogP contribution is -2.20. The number of hydrogen-bond donors (Lipinski definition) is 2. The van der Waals surface area contributed by atoms with Crippen molar-refractivity contribution >= 4 is 11.8 Å². The standard InChI is InChI=1S/C16H15NO3S/c17-9-12-2-1-3-15(8-12)20-10-14(19)11-21-16-6-4-13(18)5-7-16/h1-8,14,18-19H,10-11H2. The maximum atomic E-state index is 9.89. The van der Waals surface area contributed by atoms with Crippen molar-refractivity contribution in [3.05, 3.63) is 54.1 Å². The fourth-order valence-electron chi connectivity index (χ4n) is 1.63. The van der Waals surface area contributed by atoms with Crippen molar-refractivity contribution in [1.82, 2.24) is 0 Å². The highest BCUT2D eigenvalue weighted by molar-refractivity contribution is 7.99. The molecule has 0 amide bonds. The van der Waals surface area contributed by atoms with Crippen LogP contribution in [-0.2, 0) is 0 Å². The van der Waals surface area contributed by atoms with Gasteiger partial charge in [-0.05, 0) is 42.5 Å². The maximum absolute atomic E-state index is 9.89. The molecule has 0 saturated heterocycles. The minimum atomic E-state index is -0.616. The van der Waals surface area contributed by atoms with Gasteiger partial charge in [0.05, 0.1) is 17.7 Å². The smallest absolute Gasteiger partial charge is 0.120 e. The molecule has 0 bridgehead atoms. The Balaban J connectivity index is 1.78. The van der Waals surface area contributed by atoms with Gasteiger partial charge in [-0.2, -0.15) is 5.26 Å². The van der Waals surface area contributed by atoms with Crippen LogP contribution in [0.4, 0.5) is 0 Å². The van der Waals surface area contributed by atoms with Crippen LogP contribution in [-0.4, -0.2) is 28.7 Å². The summed E-state index contributed by atoms with van der Waals surface area (Å²) in [6.07, 6.45) is -0.616. The van der Waals surface area contributed by atoms with Crippen LogP contribution in [0.3, 0.4) is 0 Å². The summed E-state index contributed by atoms with van der Waals surface area (Å²) in [5.74, 6) is 1.28. The van der Waals surface area contributed by atoms with Gasteiger partial charge in [0, 0.05) is 10.6 Å². The van der Waals surface area contributed by atoms with Gasteiger partial charge in [-0.3, -0.25) is 0 Å². The first-order valence-electron chi connectivity index (χ1n) is 6.40. The molecule has 0 saturated carbocycles. The van der Waals surface area contributed by atoms with Crippen LogP contribution in [0.15, 0.2) is 53.4 Å². The summed E-state index contributed by atoms with van der Waals surface area (Å²) in [7, 11) is 0. The molecule has 0 spiro atoms. The molecular formula is C16H15NO3S. The Labute approximate surface area is 127 Å². The van der Waals surface area contributed by atoms with Crippen LogP contribution >= 0.6 is 11.8 Å². The van der Waals surface area contributed by atoms with Crippen LogP contribution in [0.2, 0.25) is 0 Å². The Kier molecular flexibility index (Phi) is 5.50. The molecule has 0 fully saturated rings. The Bertz CT molecular complexity index is 622. The van der Waals surface area contributed by atoms with Gasteiger partial charge in [0.15, 0.2) is 0 Å². The van der Waals surface area contributed by atoms with Gasteiger partial charge < -0.3 is 14.9 Å². The summed E-state index contributed by atoms with van der Waals surface area (Å²) in [4.78, 5) is 0.971. The molecule has 4 nitrogen and oxygen atoms in total. The van der Waals surface area contributed by atoms with E-state index in [1.165, 1.54) is 11.8 Å². The zero-order chi connectivity index (χ0) is 15.1. The average molecular weight is 301 g/mol. The number of benzene rings is 2. The van der Waals surface area contributed by atoms with Crippen LogP contribution in [0.1, 0.15) is 5.56 Å². The van der Waals surface area contributed by atoms with Gasteiger partial charge in [-0.25, -0.2) is 0 Å². The highest BCUT2D eigenvalue weighted by Gasteiger charge is 2.07. The van der Waals surface area contributed by atoms with Gasteiger partial charge >= 0.3 is 0 Å². The van der Waals surface area contributed by atoms with E-state index in [1.54, 1.807) is 48.5 Å². The zero-order valence-corrected chi connectivity index (χ0v) is 12.1. The van der Waals surface area contributed by atoms with Gasteiger partial charge in [-0.15, -0.1) is 11.8 Å². The second-order valence-electron chi connectivity index (χ2n) is 4.41. The summed E-state index contributed by atoms with van der Waals surface area (Å²) in [5, 5.41) is 27.9. The predicted octanol–water partition coefficient (Wildman–Crippen LogP) is 2.80. The third-order valence-electron chi connectivity index (χ3n) is 2.68. The molecule has 0 radical (unpaired) electrons. The normalized spacial score (nSPS) is 11.6. The van der Waals surface area contributed by atoms with Crippen molar-refractivity contribution < 1.29 is 14.9 Å². The zero-order valence-electron chi connectivity index (χ0n) is 11.3. The van der Waals surface area contributed by atoms with Crippen molar-refractivity contribution in [1.29, 1.82) is 5.26 Å². The second-order valence-corrected chi connectivity index (χ2v) is 5.50. The fraction of sp³-hybridized carbons (Fsp3) is 0.188. The predicted molar refractivity (Wildman–Crippen MR) is 81.5 cm³/mol. The number of aliphatic hydroxyl groups excluding tert-OH is 1. The summed E-state index contributed by atoms with van der Waals surface area (Å²) < 4.78 is 5.46. The number of thioether (sulfide) groups is 1. The molecule has 2 aromatic rings. The summed E-state index contributed by atoms with van der Waals surface area (Å²) in [5.41, 5.74) is 0.528. The molecule has 0 heterocycles. The maximum Gasteiger partial charge on any atom is 0.120 e. The number of aliphatic hydroxyl groups is 1. The van der Waals surface area contributed by atoms with Crippen molar-refractivity contribution in [2.75, 3.05) is 12.4 Å². The van der Waals surface area contributed by atoms with E-state index >= 15 is 0 Å². The number of phenols is 1. The highest BCUT2D eigenvalue weighted by Crippen LogP contribution is 2.21. The SMILES string of the molecule is N#Cc1cccc(OCC(O)CSc2ccc(O)cc2)c1. The number of hydrogen-bond acceptors (Lipinski definition) is 5. The van der Waals surface area contributed by atoms with E-state index in [0.29, 0.717) is 17.1 Å². The molecule has 0 aromatic heterocycles. The molecule has 1 atom stereocenters. The lowest BCUT2D eigenvalue weighted by atomic mass is 10.2. The van der Waals surface area contributed by atoms with Crippen molar-refractivity contribution in [3.63, 3.8) is 0 Å². The molecule has 0 aliphatic carbocycles. The highest BCUT2D eigenvalue weighted by atomic mass is 32.2. The van der Waals surface area contributed by atoms with Gasteiger partial charge in [0.25, 0.3) is 0 Å². The Morgan fingerprint density at radius 3 is 2.67 bits per heavy atom. The van der Waals surface area contributed by atoms with Gasteiger partial charge in [0.1, 0.15) is 18.1 Å². The number of nitriles is 1. The van der Waals surface area contributed by atoms with Crippen LogP contribution in [0.5, 0.6) is 11.5 Å². The Morgan fingerprint density at radius 1 is 1.19 bits per heavy atom. The van der Waals surface area contributed by atoms with Crippen molar-refractivity contribution in [3.8, 4) is 17.6 Å². The number of ether oxygens (including phenoxy) is 1. The first-order valence-corrected chi connectivity index (χ1v) is 7.39. The lowest BCUT2D eigenvalue weighted by Gasteiger charge is -2.12. The summed E-state index contributed by atoms with van der Waals surface area (Å²) in [6, 6.07) is 15.7. The lowest BCUT2D eigenvalue weighted by molar-refractivity contribution is 0.126. The average Bonchev–Trinajstić information content (AvgIpc) is 2.52. The first kappa shape index (κ1) is 15.2. The molecule has 2 aromatic carbocycles. The van der Waals surface area contributed by atoms with Crippen molar-refractivity contribution in [2.45, 2.75) is 11.0 Å². The van der Waals surface area contributed by atoms with E-state index in [1.807, 2.05) is 6.07 Å². The minimum Gasteiger partial charge on any atom is -0.508 e. The number of rotatable bonds is 6. The van der Waals surface area contributed by atoms with Crippen LogP contribution in [0.25, 0.3) is 0 Å². The fourth-order valence-corrected chi connectivity index (χ4v) is 2.44. The molecule has 2 rings (SSSR count). The minimum absolute atomic E-state index is 0.167. The van der Waals surface area contributed by atoms with Gasteiger partial charge in [0.2, 0.25) is 0 Å². The molecule has 0 aliphatic rings. The Hall–Kier alpha value is -2.16. The van der Waals surface area contributed by atoms with E-state index in [4.69, 9.17) is 10.00 Å². The van der Waals surface area contributed by atoms with Gasteiger partial charge in [-0.1, -0.05) is 6.07 Å². The summed E-state index contributed by atoms with van der Waals surface area (Å²) >= 11 is 1.49. The topological polar surface area (TPSA) is 73.5 Å². The molecule has 2 N–H and O–H groups in total. The number of phenolic OH excluding ortho intramolecular Hbond substituents is 1. The van der Waals surface area contributed by atoms with Crippen molar-refractivity contribution in [2.24, 2.45) is 0 Å². The monoisotopic (exact) mass is 301 g/mol. The largest absolute Gasteiger partial charge is 0.508 e. The van der Waals surface area contributed by atoms with E-state index in [9.17, 15) is 10.2 Å². The Morgan fingerprint density at radius 2 is 1.95 bits per heavy atom. The third-order valence-corrected chi connectivity index (χ3v) is 3.84. The van der Waals surface area contributed by atoms with E-state index in [0.717, 1.165) is 4.90 Å². The molecule has 108 valence electrons. The van der Waals surface area contributed by atoms with Crippen LogP contribution < -0.4 is 4.74 Å². The second kappa shape index (κ2) is 7.58. The quantitative estimate of drug-likeness (QED) is 0.803. The van der Waals surface area contributed by atoms with E-state index in [2.05, 4.69) is 0 Å².